The lowest BCUT2D eigenvalue weighted by Gasteiger charge is -2.30. The Bertz CT molecular complexity index is 471. The fourth-order valence-corrected chi connectivity index (χ4v) is 2.87. The van der Waals surface area contributed by atoms with E-state index in [9.17, 15) is 9.59 Å². The fourth-order valence-electron chi connectivity index (χ4n) is 2.87. The summed E-state index contributed by atoms with van der Waals surface area (Å²) in [5.74, 6) is -1.36. The Morgan fingerprint density at radius 1 is 1.28 bits per heavy atom. The van der Waals surface area contributed by atoms with Gasteiger partial charge in [0.2, 0.25) is 11.8 Å². The summed E-state index contributed by atoms with van der Waals surface area (Å²) in [7, 11) is 0. The van der Waals surface area contributed by atoms with Gasteiger partial charge in [0.25, 0.3) is 0 Å². The molecule has 0 saturated carbocycles. The van der Waals surface area contributed by atoms with Crippen LogP contribution in [0.2, 0.25) is 0 Å². The van der Waals surface area contributed by atoms with E-state index in [4.69, 9.17) is 11.5 Å². The largest absolute Gasteiger partial charge is 0.370 e. The second kappa shape index (κ2) is 5.21. The van der Waals surface area contributed by atoms with Crippen molar-refractivity contribution in [3.63, 3.8) is 0 Å². The number of nitrogens with two attached hydrogens (primary N) is 2. The standard InChI is InChI=1S/C14H18N2O2/c15-13(17)8-12(14(16)18)11-7-3-5-9-4-1-2-6-10(9)11/h1-2,4,6,11-12H,3,5,7-8H2,(H2,15,17)(H2,16,18). The van der Waals surface area contributed by atoms with Gasteiger partial charge in [-0.1, -0.05) is 24.3 Å². The van der Waals surface area contributed by atoms with Crippen molar-refractivity contribution >= 4 is 11.8 Å². The molecule has 2 unspecified atom stereocenters. The van der Waals surface area contributed by atoms with E-state index in [1.54, 1.807) is 0 Å². The molecule has 0 bridgehead atoms. The zero-order valence-electron chi connectivity index (χ0n) is 10.3. The number of amides is 2. The smallest absolute Gasteiger partial charge is 0.221 e. The topological polar surface area (TPSA) is 86.2 Å². The maximum atomic E-state index is 11.6. The molecule has 1 aliphatic carbocycles. The molecule has 4 nitrogen and oxygen atoms in total. The van der Waals surface area contributed by atoms with Crippen molar-refractivity contribution in [2.45, 2.75) is 31.6 Å². The summed E-state index contributed by atoms with van der Waals surface area (Å²) in [6.07, 6.45) is 2.96. The Morgan fingerprint density at radius 3 is 2.67 bits per heavy atom. The molecule has 1 aliphatic rings. The summed E-state index contributed by atoms with van der Waals surface area (Å²) in [4.78, 5) is 22.6. The van der Waals surface area contributed by atoms with Crippen molar-refractivity contribution in [3.8, 4) is 0 Å². The number of rotatable bonds is 4. The van der Waals surface area contributed by atoms with Crippen LogP contribution < -0.4 is 11.5 Å². The SMILES string of the molecule is NC(=O)CC(C(N)=O)C1CCCc2ccccc21. The van der Waals surface area contributed by atoms with E-state index in [1.165, 1.54) is 5.56 Å². The van der Waals surface area contributed by atoms with Crippen LogP contribution in [0.25, 0.3) is 0 Å². The molecular weight excluding hydrogens is 228 g/mol. The highest BCUT2D eigenvalue weighted by molar-refractivity contribution is 5.84. The average molecular weight is 246 g/mol. The molecule has 0 heterocycles. The van der Waals surface area contributed by atoms with E-state index in [2.05, 4.69) is 6.07 Å². The Morgan fingerprint density at radius 2 is 2.00 bits per heavy atom. The zero-order chi connectivity index (χ0) is 13.1. The Hall–Kier alpha value is -1.84. The molecule has 96 valence electrons. The number of hydrogen-bond acceptors (Lipinski definition) is 2. The molecule has 0 saturated heterocycles. The third-order valence-corrected chi connectivity index (χ3v) is 3.69. The number of primary amides is 2. The second-order valence-corrected chi connectivity index (χ2v) is 4.88. The highest BCUT2D eigenvalue weighted by atomic mass is 16.2. The Labute approximate surface area is 106 Å². The molecular formula is C14H18N2O2. The number of carbonyl (C=O) groups is 2. The summed E-state index contributed by atoms with van der Waals surface area (Å²) < 4.78 is 0. The van der Waals surface area contributed by atoms with Gasteiger partial charge in [0.05, 0.1) is 5.92 Å². The monoisotopic (exact) mass is 246 g/mol. The zero-order valence-corrected chi connectivity index (χ0v) is 10.3. The lowest BCUT2D eigenvalue weighted by molar-refractivity contribution is -0.127. The first-order chi connectivity index (χ1) is 8.59. The van der Waals surface area contributed by atoms with Gasteiger partial charge in [0.15, 0.2) is 0 Å². The van der Waals surface area contributed by atoms with Crippen LogP contribution in [0.4, 0.5) is 0 Å². The third kappa shape index (κ3) is 2.53. The van der Waals surface area contributed by atoms with E-state index >= 15 is 0 Å². The van der Waals surface area contributed by atoms with Gasteiger partial charge in [-0.05, 0) is 36.3 Å². The van der Waals surface area contributed by atoms with Crippen LogP contribution in [0.1, 0.15) is 36.3 Å². The molecule has 0 spiro atoms. The molecule has 0 fully saturated rings. The van der Waals surface area contributed by atoms with Crippen molar-refractivity contribution in [2.24, 2.45) is 17.4 Å². The van der Waals surface area contributed by atoms with Gasteiger partial charge in [-0.15, -0.1) is 0 Å². The van der Waals surface area contributed by atoms with Crippen molar-refractivity contribution in [3.05, 3.63) is 35.4 Å². The van der Waals surface area contributed by atoms with Crippen molar-refractivity contribution in [1.29, 1.82) is 0 Å². The van der Waals surface area contributed by atoms with Gasteiger partial charge in [-0.2, -0.15) is 0 Å². The van der Waals surface area contributed by atoms with Gasteiger partial charge >= 0.3 is 0 Å². The maximum absolute atomic E-state index is 11.6. The van der Waals surface area contributed by atoms with E-state index in [0.717, 1.165) is 24.8 Å². The summed E-state index contributed by atoms with van der Waals surface area (Å²) >= 11 is 0. The van der Waals surface area contributed by atoms with E-state index in [0.29, 0.717) is 0 Å². The normalized spacial score (nSPS) is 19.9. The van der Waals surface area contributed by atoms with Crippen LogP contribution in [-0.2, 0) is 16.0 Å². The molecule has 1 aromatic carbocycles. The first-order valence-corrected chi connectivity index (χ1v) is 6.25. The van der Waals surface area contributed by atoms with Crippen LogP contribution in [0.15, 0.2) is 24.3 Å². The first kappa shape index (κ1) is 12.6. The number of aryl methyl sites for hydroxylation is 1. The van der Waals surface area contributed by atoms with Gasteiger partial charge in [-0.3, -0.25) is 9.59 Å². The molecule has 4 heteroatoms. The third-order valence-electron chi connectivity index (χ3n) is 3.69. The minimum Gasteiger partial charge on any atom is -0.370 e. The van der Waals surface area contributed by atoms with Gasteiger partial charge in [-0.25, -0.2) is 0 Å². The minimum absolute atomic E-state index is 0.0277. The summed E-state index contributed by atoms with van der Waals surface area (Å²) in [5.41, 5.74) is 13.0. The quantitative estimate of drug-likeness (QED) is 0.833. The number of hydrogen-bond donors (Lipinski definition) is 2. The van der Waals surface area contributed by atoms with Crippen molar-refractivity contribution in [2.75, 3.05) is 0 Å². The predicted octanol–water partition coefficient (Wildman–Crippen LogP) is 1.08. The average Bonchev–Trinajstić information content (AvgIpc) is 2.35. The van der Waals surface area contributed by atoms with Crippen LogP contribution in [0, 0.1) is 5.92 Å². The minimum atomic E-state index is -0.482. The van der Waals surface area contributed by atoms with E-state index < -0.39 is 17.7 Å². The Balaban J connectivity index is 2.32. The van der Waals surface area contributed by atoms with Crippen LogP contribution in [0.5, 0.6) is 0 Å². The van der Waals surface area contributed by atoms with Crippen LogP contribution in [0.3, 0.4) is 0 Å². The molecule has 1 aromatic rings. The van der Waals surface area contributed by atoms with Gasteiger partial charge in [0.1, 0.15) is 0 Å². The van der Waals surface area contributed by atoms with Gasteiger partial charge in [0, 0.05) is 6.42 Å². The van der Waals surface area contributed by atoms with Crippen molar-refractivity contribution < 1.29 is 9.59 Å². The van der Waals surface area contributed by atoms with Crippen molar-refractivity contribution in [1.82, 2.24) is 0 Å². The summed E-state index contributed by atoms with van der Waals surface area (Å²) in [5, 5.41) is 0. The molecule has 0 aromatic heterocycles. The molecule has 2 amide bonds. The van der Waals surface area contributed by atoms with Gasteiger partial charge < -0.3 is 11.5 Å². The van der Waals surface area contributed by atoms with Crippen LogP contribution >= 0.6 is 0 Å². The first-order valence-electron chi connectivity index (χ1n) is 6.25. The summed E-state index contributed by atoms with van der Waals surface area (Å²) in [6.45, 7) is 0. The summed E-state index contributed by atoms with van der Waals surface area (Å²) in [6, 6.07) is 8.05. The molecule has 4 N–H and O–H groups in total. The molecule has 2 rings (SSSR count). The van der Waals surface area contributed by atoms with E-state index in [1.807, 2.05) is 18.2 Å². The highest BCUT2D eigenvalue weighted by Crippen LogP contribution is 2.38. The highest BCUT2D eigenvalue weighted by Gasteiger charge is 2.32. The molecule has 0 radical (unpaired) electrons. The number of carbonyl (C=O) groups excluding carboxylic acids is 2. The lowest BCUT2D eigenvalue weighted by Crippen LogP contribution is -2.34. The molecule has 2 atom stereocenters. The maximum Gasteiger partial charge on any atom is 0.221 e. The molecule has 18 heavy (non-hydrogen) atoms. The predicted molar refractivity (Wildman–Crippen MR) is 68.6 cm³/mol. The fraction of sp³-hybridized carbons (Fsp3) is 0.429. The molecule has 0 aliphatic heterocycles. The Kier molecular flexibility index (Phi) is 3.65. The van der Waals surface area contributed by atoms with Crippen LogP contribution in [-0.4, -0.2) is 11.8 Å². The van der Waals surface area contributed by atoms with E-state index in [-0.39, 0.29) is 12.3 Å². The second-order valence-electron chi connectivity index (χ2n) is 4.88. The number of fused-ring (bicyclic) bond motifs is 1. The lowest BCUT2D eigenvalue weighted by atomic mass is 9.74. The number of benzene rings is 1.